The summed E-state index contributed by atoms with van der Waals surface area (Å²) in [5.74, 6) is -2.36. The van der Waals surface area contributed by atoms with Gasteiger partial charge >= 0.3 is 0 Å². The van der Waals surface area contributed by atoms with Gasteiger partial charge in [-0.3, -0.25) is 4.79 Å². The minimum absolute atomic E-state index is 0.00863. The van der Waals surface area contributed by atoms with Gasteiger partial charge in [-0.15, -0.1) is 0 Å². The van der Waals surface area contributed by atoms with Crippen molar-refractivity contribution < 1.29 is 22.0 Å². The molecular formula is C20H20F2N2O3S. The Bertz CT molecular complexity index is 980. The zero-order valence-corrected chi connectivity index (χ0v) is 15.9. The van der Waals surface area contributed by atoms with Crippen LogP contribution in [0.3, 0.4) is 0 Å². The maximum atomic E-state index is 14.1. The summed E-state index contributed by atoms with van der Waals surface area (Å²) in [6.45, 7) is -0.00863. The fraction of sp³-hybridized carbons (Fsp3) is 0.350. The maximum absolute atomic E-state index is 14.1. The lowest BCUT2D eigenvalue weighted by Crippen LogP contribution is -2.34. The Labute approximate surface area is 162 Å². The highest BCUT2D eigenvalue weighted by Gasteiger charge is 2.40. The second kappa shape index (κ2) is 7.25. The molecule has 4 rings (SSSR count). The van der Waals surface area contributed by atoms with Crippen LogP contribution in [-0.2, 0) is 16.6 Å². The zero-order valence-electron chi connectivity index (χ0n) is 15.1. The molecule has 2 aromatic carbocycles. The molecule has 148 valence electrons. The maximum Gasteiger partial charge on any atom is 0.251 e. The lowest BCUT2D eigenvalue weighted by atomic mass is 10.1. The van der Waals surface area contributed by atoms with Crippen LogP contribution in [0.25, 0.3) is 0 Å². The summed E-state index contributed by atoms with van der Waals surface area (Å²) in [6, 6.07) is 9.59. The van der Waals surface area contributed by atoms with E-state index in [0.717, 1.165) is 35.3 Å². The van der Waals surface area contributed by atoms with Crippen LogP contribution in [-0.4, -0.2) is 30.7 Å². The van der Waals surface area contributed by atoms with Gasteiger partial charge < -0.3 is 5.32 Å². The molecule has 0 bridgehead atoms. The molecule has 28 heavy (non-hydrogen) atoms. The number of carbonyl (C=O) groups excluding carboxylic acids is 1. The highest BCUT2D eigenvalue weighted by molar-refractivity contribution is 7.89. The van der Waals surface area contributed by atoms with Crippen LogP contribution in [0.2, 0.25) is 0 Å². The monoisotopic (exact) mass is 406 g/mol. The van der Waals surface area contributed by atoms with Gasteiger partial charge in [0.1, 0.15) is 11.6 Å². The standard InChI is InChI=1S/C20H20F2N2O3S/c21-17-2-1-3-18(22)19(17)28(26,27)24(16-10-11-16)12-13-4-6-14(7-5-13)20(25)23-15-8-9-15/h1-7,15-16H,8-12H2,(H,23,25). The number of halogens is 2. The molecule has 8 heteroatoms. The number of nitrogens with one attached hydrogen (secondary N) is 1. The normalized spacial score (nSPS) is 17.0. The van der Waals surface area contributed by atoms with Crippen molar-refractivity contribution in [1.82, 2.24) is 9.62 Å². The average molecular weight is 406 g/mol. The Balaban J connectivity index is 1.56. The molecule has 0 saturated heterocycles. The summed E-state index contributed by atoms with van der Waals surface area (Å²) in [5.41, 5.74) is 1.15. The molecule has 2 aromatic rings. The first-order chi connectivity index (χ1) is 13.4. The number of amides is 1. The highest BCUT2D eigenvalue weighted by atomic mass is 32.2. The van der Waals surface area contributed by atoms with Gasteiger partial charge in [0.2, 0.25) is 10.0 Å². The smallest absolute Gasteiger partial charge is 0.251 e. The van der Waals surface area contributed by atoms with E-state index in [4.69, 9.17) is 0 Å². The Morgan fingerprint density at radius 1 is 1.00 bits per heavy atom. The van der Waals surface area contributed by atoms with E-state index >= 15 is 0 Å². The van der Waals surface area contributed by atoms with E-state index in [9.17, 15) is 22.0 Å². The molecule has 1 N–H and O–H groups in total. The molecule has 0 aliphatic heterocycles. The number of hydrogen-bond acceptors (Lipinski definition) is 3. The van der Waals surface area contributed by atoms with E-state index < -0.39 is 26.6 Å². The van der Waals surface area contributed by atoms with Crippen molar-refractivity contribution in [2.24, 2.45) is 0 Å². The van der Waals surface area contributed by atoms with Gasteiger partial charge in [-0.1, -0.05) is 18.2 Å². The molecule has 1 amide bonds. The van der Waals surface area contributed by atoms with E-state index in [1.165, 1.54) is 0 Å². The fourth-order valence-electron chi connectivity index (χ4n) is 3.06. The Kier molecular flexibility index (Phi) is 4.93. The van der Waals surface area contributed by atoms with Crippen LogP contribution >= 0.6 is 0 Å². The summed E-state index contributed by atoms with van der Waals surface area (Å²) in [6.07, 6.45) is 3.28. The summed E-state index contributed by atoms with van der Waals surface area (Å²) in [4.78, 5) is 11.2. The Morgan fingerprint density at radius 2 is 1.61 bits per heavy atom. The molecule has 2 aliphatic carbocycles. The minimum atomic E-state index is -4.33. The van der Waals surface area contributed by atoms with Crippen LogP contribution in [0, 0.1) is 11.6 Å². The molecule has 5 nitrogen and oxygen atoms in total. The second-order valence-electron chi connectivity index (χ2n) is 7.28. The van der Waals surface area contributed by atoms with Crippen molar-refractivity contribution in [2.75, 3.05) is 0 Å². The predicted octanol–water partition coefficient (Wildman–Crippen LogP) is 3.21. The Morgan fingerprint density at radius 3 is 2.14 bits per heavy atom. The van der Waals surface area contributed by atoms with Gasteiger partial charge in [-0.05, 0) is 55.5 Å². The van der Waals surface area contributed by atoms with Gasteiger partial charge in [0.05, 0.1) is 0 Å². The van der Waals surface area contributed by atoms with E-state index in [0.29, 0.717) is 24.0 Å². The number of carbonyl (C=O) groups is 1. The summed E-state index contributed by atoms with van der Waals surface area (Å²) >= 11 is 0. The number of rotatable bonds is 7. The first kappa shape index (κ1) is 19.0. The largest absolute Gasteiger partial charge is 0.349 e. The molecule has 2 saturated carbocycles. The van der Waals surface area contributed by atoms with Crippen LogP contribution in [0.4, 0.5) is 8.78 Å². The Hall–Kier alpha value is -2.32. The molecule has 0 spiro atoms. The van der Waals surface area contributed by atoms with Crippen molar-refractivity contribution in [3.63, 3.8) is 0 Å². The van der Waals surface area contributed by atoms with Crippen LogP contribution in [0.1, 0.15) is 41.6 Å². The second-order valence-corrected chi connectivity index (χ2v) is 9.10. The van der Waals surface area contributed by atoms with Gasteiger partial charge in [-0.2, -0.15) is 4.31 Å². The van der Waals surface area contributed by atoms with Crippen molar-refractivity contribution >= 4 is 15.9 Å². The third-order valence-corrected chi connectivity index (χ3v) is 6.86. The van der Waals surface area contributed by atoms with E-state index in [2.05, 4.69) is 5.32 Å². The molecule has 2 fully saturated rings. The molecule has 0 radical (unpaired) electrons. The molecule has 2 aliphatic rings. The van der Waals surface area contributed by atoms with Gasteiger partial charge in [0, 0.05) is 24.2 Å². The first-order valence-electron chi connectivity index (χ1n) is 9.22. The lowest BCUT2D eigenvalue weighted by Gasteiger charge is -2.22. The molecule has 0 heterocycles. The van der Waals surface area contributed by atoms with Gasteiger partial charge in [0.25, 0.3) is 5.91 Å². The number of sulfonamides is 1. The van der Waals surface area contributed by atoms with Crippen LogP contribution in [0.5, 0.6) is 0 Å². The lowest BCUT2D eigenvalue weighted by molar-refractivity contribution is 0.0951. The van der Waals surface area contributed by atoms with E-state index in [-0.39, 0.29) is 24.5 Å². The zero-order chi connectivity index (χ0) is 19.9. The van der Waals surface area contributed by atoms with Gasteiger partial charge in [0.15, 0.2) is 4.90 Å². The van der Waals surface area contributed by atoms with Crippen LogP contribution < -0.4 is 5.32 Å². The van der Waals surface area contributed by atoms with Gasteiger partial charge in [-0.25, -0.2) is 17.2 Å². The summed E-state index contributed by atoms with van der Waals surface area (Å²) in [5, 5.41) is 2.89. The van der Waals surface area contributed by atoms with Crippen molar-refractivity contribution in [3.8, 4) is 0 Å². The van der Waals surface area contributed by atoms with Crippen LogP contribution in [0.15, 0.2) is 47.4 Å². The number of nitrogens with zero attached hydrogens (tertiary/aromatic N) is 1. The van der Waals surface area contributed by atoms with Crippen molar-refractivity contribution in [2.45, 2.75) is 49.2 Å². The average Bonchev–Trinajstić information content (AvgIpc) is 3.54. The molecule has 0 unspecified atom stereocenters. The minimum Gasteiger partial charge on any atom is -0.349 e. The number of hydrogen-bond donors (Lipinski definition) is 1. The van der Waals surface area contributed by atoms with Crippen molar-refractivity contribution in [1.29, 1.82) is 0 Å². The third-order valence-electron chi connectivity index (χ3n) is 4.91. The topological polar surface area (TPSA) is 66.5 Å². The van der Waals surface area contributed by atoms with E-state index in [1.807, 2.05) is 0 Å². The summed E-state index contributed by atoms with van der Waals surface area (Å²) < 4.78 is 55.2. The fourth-order valence-corrected chi connectivity index (χ4v) is 4.84. The SMILES string of the molecule is O=C(NC1CC1)c1ccc(CN(C2CC2)S(=O)(=O)c2c(F)cccc2F)cc1. The number of benzene rings is 2. The quantitative estimate of drug-likeness (QED) is 0.768. The first-order valence-corrected chi connectivity index (χ1v) is 10.7. The molecule has 0 atom stereocenters. The third kappa shape index (κ3) is 3.93. The van der Waals surface area contributed by atoms with Crippen molar-refractivity contribution in [3.05, 3.63) is 65.2 Å². The predicted molar refractivity (Wildman–Crippen MR) is 99.0 cm³/mol. The highest BCUT2D eigenvalue weighted by Crippen LogP contribution is 2.35. The molecular weight excluding hydrogens is 386 g/mol. The van der Waals surface area contributed by atoms with E-state index in [1.54, 1.807) is 24.3 Å². The molecule has 0 aromatic heterocycles. The summed E-state index contributed by atoms with van der Waals surface area (Å²) in [7, 11) is -4.33.